The molecule has 5 heteroatoms. The van der Waals surface area contributed by atoms with E-state index in [0.717, 1.165) is 6.07 Å². The number of aliphatic hydroxyl groups excluding tert-OH is 1. The van der Waals surface area contributed by atoms with E-state index in [1.807, 2.05) is 0 Å². The zero-order valence-electron chi connectivity index (χ0n) is 7.17. The summed E-state index contributed by atoms with van der Waals surface area (Å²) in [4.78, 5) is 0. The van der Waals surface area contributed by atoms with Crippen molar-refractivity contribution in [3.8, 4) is 5.75 Å². The fourth-order valence-corrected chi connectivity index (χ4v) is 1.44. The van der Waals surface area contributed by atoms with E-state index >= 15 is 0 Å². The first-order chi connectivity index (χ1) is 6.47. The molecule has 2 N–H and O–H groups in total. The van der Waals surface area contributed by atoms with Gasteiger partial charge in [0.1, 0.15) is 5.75 Å². The second-order valence-corrected chi connectivity index (χ2v) is 3.76. The molecule has 0 saturated heterocycles. The number of aliphatic hydroxyl groups is 1. The first-order valence-electron chi connectivity index (χ1n) is 3.95. The molecule has 14 heavy (non-hydrogen) atoms. The van der Waals surface area contributed by atoms with Crippen LogP contribution in [0.15, 0.2) is 22.7 Å². The molecule has 0 radical (unpaired) electrons. The van der Waals surface area contributed by atoms with Crippen LogP contribution in [0.5, 0.6) is 5.75 Å². The normalized spacial score (nSPS) is 11.7. The third-order valence-electron chi connectivity index (χ3n) is 1.78. The second-order valence-electron chi connectivity index (χ2n) is 2.84. The number of halogens is 3. The Bertz CT molecular complexity index is 329. The van der Waals surface area contributed by atoms with Gasteiger partial charge in [-0.1, -0.05) is 15.9 Å². The molecule has 0 aliphatic carbocycles. The van der Waals surface area contributed by atoms with Gasteiger partial charge < -0.3 is 10.2 Å². The first kappa shape index (κ1) is 11.4. The average Bonchev–Trinajstić information content (AvgIpc) is 2.09. The fourth-order valence-electron chi connectivity index (χ4n) is 1.08. The Labute approximate surface area is 88.3 Å². The lowest BCUT2D eigenvalue weighted by Gasteiger charge is -2.16. The van der Waals surface area contributed by atoms with Crippen LogP contribution in [0.3, 0.4) is 0 Å². The molecule has 1 aromatic rings. The second kappa shape index (κ2) is 4.23. The van der Waals surface area contributed by atoms with Gasteiger partial charge in [0.15, 0.2) is 0 Å². The van der Waals surface area contributed by atoms with Gasteiger partial charge in [0, 0.05) is 17.5 Å². The fraction of sp³-hybridized carbons (Fsp3) is 0.333. The molecule has 0 amide bonds. The number of hydrogen-bond donors (Lipinski definition) is 2. The van der Waals surface area contributed by atoms with E-state index in [1.54, 1.807) is 0 Å². The zero-order chi connectivity index (χ0) is 10.8. The first-order valence-corrected chi connectivity index (χ1v) is 4.74. The van der Waals surface area contributed by atoms with Crippen molar-refractivity contribution in [2.24, 2.45) is 0 Å². The van der Waals surface area contributed by atoms with Crippen LogP contribution < -0.4 is 0 Å². The summed E-state index contributed by atoms with van der Waals surface area (Å²) in [5, 5.41) is 17.7. The minimum absolute atomic E-state index is 0.461. The van der Waals surface area contributed by atoms with Crippen molar-refractivity contribution in [1.82, 2.24) is 0 Å². The summed E-state index contributed by atoms with van der Waals surface area (Å²) in [7, 11) is 0. The van der Waals surface area contributed by atoms with Crippen LogP contribution >= 0.6 is 15.9 Å². The van der Waals surface area contributed by atoms with Crippen LogP contribution in [0.1, 0.15) is 12.0 Å². The van der Waals surface area contributed by atoms with Crippen LogP contribution in [0.25, 0.3) is 0 Å². The highest BCUT2D eigenvalue weighted by atomic mass is 79.9. The monoisotopic (exact) mass is 266 g/mol. The average molecular weight is 267 g/mol. The molecular weight excluding hydrogens is 258 g/mol. The van der Waals surface area contributed by atoms with Gasteiger partial charge in [-0.15, -0.1) is 0 Å². The molecule has 0 aliphatic heterocycles. The van der Waals surface area contributed by atoms with Crippen molar-refractivity contribution in [2.45, 2.75) is 12.3 Å². The highest BCUT2D eigenvalue weighted by molar-refractivity contribution is 9.10. The van der Waals surface area contributed by atoms with E-state index in [9.17, 15) is 13.9 Å². The maximum absolute atomic E-state index is 13.3. The number of phenolic OH excluding ortho intramolecular Hbond substituents is 1. The lowest BCUT2D eigenvalue weighted by atomic mass is 10.1. The summed E-state index contributed by atoms with van der Waals surface area (Å²) in [5.41, 5.74) is -0.471. The molecule has 0 atom stereocenters. The smallest absolute Gasteiger partial charge is 0.279 e. The lowest BCUT2D eigenvalue weighted by Crippen LogP contribution is -2.15. The predicted octanol–water partition coefficient (Wildman–Crippen LogP) is 2.63. The van der Waals surface area contributed by atoms with Crippen molar-refractivity contribution in [3.05, 3.63) is 28.2 Å². The predicted molar refractivity (Wildman–Crippen MR) is 51.4 cm³/mol. The van der Waals surface area contributed by atoms with E-state index < -0.39 is 30.3 Å². The summed E-state index contributed by atoms with van der Waals surface area (Å²) in [6.45, 7) is -0.626. The van der Waals surface area contributed by atoms with Gasteiger partial charge in [0.25, 0.3) is 5.92 Å². The Morgan fingerprint density at radius 3 is 2.57 bits per heavy atom. The van der Waals surface area contributed by atoms with Gasteiger partial charge >= 0.3 is 0 Å². The SMILES string of the molecule is OCCC(F)(F)c1cc(Br)ccc1O. The Balaban J connectivity index is 3.10. The van der Waals surface area contributed by atoms with Crippen LogP contribution in [0.4, 0.5) is 8.78 Å². The van der Waals surface area contributed by atoms with Gasteiger partial charge in [0.2, 0.25) is 0 Å². The molecule has 1 rings (SSSR count). The van der Waals surface area contributed by atoms with Crippen LogP contribution in [0, 0.1) is 0 Å². The van der Waals surface area contributed by atoms with E-state index in [0.29, 0.717) is 4.47 Å². The number of rotatable bonds is 3. The van der Waals surface area contributed by atoms with Crippen LogP contribution in [-0.4, -0.2) is 16.8 Å². The molecular formula is C9H9BrF2O2. The Morgan fingerprint density at radius 2 is 2.00 bits per heavy atom. The van der Waals surface area contributed by atoms with Gasteiger partial charge in [-0.2, -0.15) is 0 Å². The molecule has 0 saturated carbocycles. The molecule has 1 aromatic carbocycles. The van der Waals surface area contributed by atoms with E-state index in [2.05, 4.69) is 15.9 Å². The van der Waals surface area contributed by atoms with E-state index in [1.165, 1.54) is 12.1 Å². The minimum Gasteiger partial charge on any atom is -0.507 e. The van der Waals surface area contributed by atoms with Gasteiger partial charge in [-0.25, -0.2) is 8.78 Å². The molecule has 0 unspecified atom stereocenters. The number of alkyl halides is 2. The van der Waals surface area contributed by atoms with Crippen molar-refractivity contribution in [1.29, 1.82) is 0 Å². The molecule has 2 nitrogen and oxygen atoms in total. The highest BCUT2D eigenvalue weighted by Gasteiger charge is 2.33. The van der Waals surface area contributed by atoms with Gasteiger partial charge in [0.05, 0.1) is 5.56 Å². The lowest BCUT2D eigenvalue weighted by molar-refractivity contribution is -0.0287. The number of hydrogen-bond acceptors (Lipinski definition) is 2. The molecule has 0 heterocycles. The van der Waals surface area contributed by atoms with Crippen molar-refractivity contribution in [3.63, 3.8) is 0 Å². The third kappa shape index (κ3) is 2.42. The molecule has 78 valence electrons. The summed E-state index contributed by atoms with van der Waals surface area (Å²) < 4.78 is 27.0. The van der Waals surface area contributed by atoms with Crippen LogP contribution in [-0.2, 0) is 5.92 Å². The van der Waals surface area contributed by atoms with Crippen molar-refractivity contribution in [2.75, 3.05) is 6.61 Å². The van der Waals surface area contributed by atoms with Gasteiger partial charge in [-0.05, 0) is 18.2 Å². The summed E-state index contributed by atoms with van der Waals surface area (Å²) in [6, 6.07) is 3.80. The quantitative estimate of drug-likeness (QED) is 0.883. The van der Waals surface area contributed by atoms with E-state index in [4.69, 9.17) is 5.11 Å². The highest BCUT2D eigenvalue weighted by Crippen LogP contribution is 2.38. The van der Waals surface area contributed by atoms with Crippen LogP contribution in [0.2, 0.25) is 0 Å². The molecule has 0 aliphatic rings. The maximum atomic E-state index is 13.3. The van der Waals surface area contributed by atoms with Gasteiger partial charge in [-0.3, -0.25) is 0 Å². The number of aromatic hydroxyl groups is 1. The standard InChI is InChI=1S/C9H9BrF2O2/c10-6-1-2-8(14)7(5-6)9(11,12)3-4-13/h1-2,5,13-14H,3-4H2. The minimum atomic E-state index is -3.21. The largest absolute Gasteiger partial charge is 0.507 e. The third-order valence-corrected chi connectivity index (χ3v) is 2.27. The number of phenols is 1. The summed E-state index contributed by atoms with van der Waals surface area (Å²) in [6.07, 6.45) is -0.697. The molecule has 0 fully saturated rings. The topological polar surface area (TPSA) is 40.5 Å². The Morgan fingerprint density at radius 1 is 1.36 bits per heavy atom. The zero-order valence-corrected chi connectivity index (χ0v) is 8.76. The van der Waals surface area contributed by atoms with Crippen molar-refractivity contribution >= 4 is 15.9 Å². The summed E-state index contributed by atoms with van der Waals surface area (Å²) in [5.74, 6) is -3.67. The summed E-state index contributed by atoms with van der Waals surface area (Å²) >= 11 is 3.03. The van der Waals surface area contributed by atoms with Crippen molar-refractivity contribution < 1.29 is 19.0 Å². The molecule has 0 spiro atoms. The Hall–Kier alpha value is -0.680. The molecule has 0 bridgehead atoms. The number of benzene rings is 1. The van der Waals surface area contributed by atoms with E-state index in [-0.39, 0.29) is 0 Å². The Kier molecular flexibility index (Phi) is 3.44. The molecule has 0 aromatic heterocycles. The maximum Gasteiger partial charge on any atom is 0.279 e.